The number of carbonyl (C=O) groups is 1. The summed E-state index contributed by atoms with van der Waals surface area (Å²) in [5.74, 6) is 0.0101. The van der Waals surface area contributed by atoms with Crippen molar-refractivity contribution < 1.29 is 14.6 Å². The number of carbonyl (C=O) groups excluding carboxylic acids is 1. The highest BCUT2D eigenvalue weighted by Crippen LogP contribution is 2.14. The van der Waals surface area contributed by atoms with Gasteiger partial charge in [0.25, 0.3) is 0 Å². The van der Waals surface area contributed by atoms with Crippen molar-refractivity contribution in [2.75, 3.05) is 6.61 Å². The Kier molecular flexibility index (Phi) is 4.01. The molecular weight excluding hydrogens is 206 g/mol. The average Bonchev–Trinajstić information content (AvgIpc) is 2.16. The molecule has 1 aromatic heterocycles. The molecule has 0 amide bonds. The van der Waals surface area contributed by atoms with Crippen molar-refractivity contribution in [2.24, 2.45) is 5.41 Å². The smallest absolute Gasteiger partial charge is 0.211 e. The largest absolute Gasteiger partial charge is 0.493 e. The van der Waals surface area contributed by atoms with Crippen molar-refractivity contribution in [3.63, 3.8) is 0 Å². The van der Waals surface area contributed by atoms with Gasteiger partial charge in [-0.3, -0.25) is 4.79 Å². The van der Waals surface area contributed by atoms with Gasteiger partial charge in [0, 0.05) is 11.5 Å². The summed E-state index contributed by atoms with van der Waals surface area (Å²) in [7, 11) is 0. The first kappa shape index (κ1) is 12.6. The van der Waals surface area contributed by atoms with Crippen LogP contribution < -0.4 is 0 Å². The summed E-state index contributed by atoms with van der Waals surface area (Å²) in [6, 6.07) is 4.91. The molecule has 0 aliphatic carbocycles. The maximum atomic E-state index is 11.5. The summed E-state index contributed by atoms with van der Waals surface area (Å²) in [6.07, 6.45) is 0. The lowest BCUT2D eigenvalue weighted by Crippen LogP contribution is -2.24. The second kappa shape index (κ2) is 5.07. The number of aromatic nitrogens is 1. The fourth-order valence-electron chi connectivity index (χ4n) is 1.01. The lowest BCUT2D eigenvalue weighted by Gasteiger charge is -2.16. The van der Waals surface area contributed by atoms with E-state index in [1.807, 2.05) is 20.8 Å². The van der Waals surface area contributed by atoms with Gasteiger partial charge < -0.3 is 9.84 Å². The van der Waals surface area contributed by atoms with Crippen LogP contribution in [0.5, 0.6) is 5.88 Å². The summed E-state index contributed by atoms with van der Waals surface area (Å²) in [4.78, 5) is 15.4. The maximum absolute atomic E-state index is 11.5. The van der Waals surface area contributed by atoms with Gasteiger partial charge in [-0.05, 0) is 6.07 Å². The lowest BCUT2D eigenvalue weighted by molar-refractivity contribution is -0.131. The van der Waals surface area contributed by atoms with Crippen LogP contribution in [0.4, 0.5) is 0 Å². The summed E-state index contributed by atoms with van der Waals surface area (Å²) < 4.78 is 5.24. The van der Waals surface area contributed by atoms with Crippen LogP contribution in [0.3, 0.4) is 0 Å². The number of ketones is 1. The van der Waals surface area contributed by atoms with Gasteiger partial charge in [-0.25, -0.2) is 4.98 Å². The topological polar surface area (TPSA) is 59.4 Å². The maximum Gasteiger partial charge on any atom is 0.211 e. The molecule has 88 valence electrons. The minimum absolute atomic E-state index is 0.0387. The zero-order chi connectivity index (χ0) is 12.2. The van der Waals surface area contributed by atoms with E-state index in [9.17, 15) is 4.79 Å². The monoisotopic (exact) mass is 223 g/mol. The standard InChI is InChI=1S/C12H17NO3/c1-12(2,3)10(14)8-16-7-9-5-4-6-11(15)13-9/h4-6H,7-8H2,1-3H3,(H,13,15). The van der Waals surface area contributed by atoms with Crippen molar-refractivity contribution in [3.8, 4) is 5.88 Å². The third-order valence-electron chi connectivity index (χ3n) is 2.11. The molecule has 0 unspecified atom stereocenters. The molecule has 0 spiro atoms. The van der Waals surface area contributed by atoms with E-state index in [-0.39, 0.29) is 30.3 Å². The number of Topliss-reactive ketones (excluding diaryl/α,β-unsaturated/α-hetero) is 1. The number of ether oxygens (including phenoxy) is 1. The van der Waals surface area contributed by atoms with Crippen LogP contribution in [0.2, 0.25) is 0 Å². The van der Waals surface area contributed by atoms with Crippen LogP contribution in [0, 0.1) is 5.41 Å². The van der Waals surface area contributed by atoms with Crippen LogP contribution in [0.1, 0.15) is 26.5 Å². The van der Waals surface area contributed by atoms with Crippen molar-refractivity contribution in [3.05, 3.63) is 23.9 Å². The zero-order valence-corrected chi connectivity index (χ0v) is 9.86. The molecule has 1 rings (SSSR count). The summed E-state index contributed by atoms with van der Waals surface area (Å²) in [6.45, 7) is 5.86. The van der Waals surface area contributed by atoms with E-state index in [2.05, 4.69) is 4.98 Å². The first-order valence-corrected chi connectivity index (χ1v) is 5.15. The number of hydrogen-bond acceptors (Lipinski definition) is 4. The number of nitrogens with zero attached hydrogens (tertiary/aromatic N) is 1. The van der Waals surface area contributed by atoms with Crippen LogP contribution in [-0.2, 0) is 16.1 Å². The fourth-order valence-corrected chi connectivity index (χ4v) is 1.01. The predicted octanol–water partition coefficient (Wildman–Crippen LogP) is 1.92. The molecule has 0 aliphatic rings. The molecule has 0 bridgehead atoms. The first-order valence-electron chi connectivity index (χ1n) is 5.15. The third-order valence-corrected chi connectivity index (χ3v) is 2.11. The molecule has 4 nitrogen and oxygen atoms in total. The van der Waals surface area contributed by atoms with Crippen molar-refractivity contribution in [2.45, 2.75) is 27.4 Å². The highest BCUT2D eigenvalue weighted by molar-refractivity contribution is 5.84. The predicted molar refractivity (Wildman–Crippen MR) is 60.0 cm³/mol. The van der Waals surface area contributed by atoms with Crippen molar-refractivity contribution in [1.29, 1.82) is 0 Å². The Labute approximate surface area is 95.3 Å². The Morgan fingerprint density at radius 1 is 1.44 bits per heavy atom. The first-order chi connectivity index (χ1) is 7.39. The second-order valence-electron chi connectivity index (χ2n) is 4.65. The molecule has 1 aromatic rings. The average molecular weight is 223 g/mol. The lowest BCUT2D eigenvalue weighted by atomic mass is 9.91. The molecule has 1 heterocycles. The Morgan fingerprint density at radius 2 is 2.12 bits per heavy atom. The van der Waals surface area contributed by atoms with Gasteiger partial charge in [0.2, 0.25) is 5.88 Å². The van der Waals surface area contributed by atoms with E-state index in [1.54, 1.807) is 12.1 Å². The normalized spacial score (nSPS) is 11.4. The molecule has 0 aliphatic heterocycles. The molecule has 0 saturated carbocycles. The van der Waals surface area contributed by atoms with Gasteiger partial charge in [-0.15, -0.1) is 0 Å². The summed E-state index contributed by atoms with van der Waals surface area (Å²) in [5.41, 5.74) is 0.230. The Morgan fingerprint density at radius 3 is 2.69 bits per heavy atom. The van der Waals surface area contributed by atoms with Crippen LogP contribution in [-0.4, -0.2) is 22.5 Å². The van der Waals surface area contributed by atoms with Gasteiger partial charge in [-0.2, -0.15) is 0 Å². The number of aromatic hydroxyl groups is 1. The Balaban J connectivity index is 2.39. The Bertz CT molecular complexity index is 369. The van der Waals surface area contributed by atoms with E-state index < -0.39 is 0 Å². The fraction of sp³-hybridized carbons (Fsp3) is 0.500. The number of pyridine rings is 1. The number of hydrogen-bond donors (Lipinski definition) is 1. The minimum atomic E-state index is -0.383. The summed E-state index contributed by atoms with van der Waals surface area (Å²) in [5, 5.41) is 9.12. The molecule has 0 radical (unpaired) electrons. The van der Waals surface area contributed by atoms with Crippen molar-refractivity contribution in [1.82, 2.24) is 4.98 Å². The summed E-state index contributed by atoms with van der Waals surface area (Å²) >= 11 is 0. The molecule has 0 atom stereocenters. The van der Waals surface area contributed by atoms with Crippen LogP contribution in [0.15, 0.2) is 18.2 Å². The molecule has 0 saturated heterocycles. The minimum Gasteiger partial charge on any atom is -0.493 e. The van der Waals surface area contributed by atoms with Crippen LogP contribution >= 0.6 is 0 Å². The quantitative estimate of drug-likeness (QED) is 0.847. The SMILES string of the molecule is CC(C)(C)C(=O)COCc1cccc(O)n1. The van der Waals surface area contributed by atoms with Gasteiger partial charge in [0.1, 0.15) is 6.61 Å². The molecule has 1 N–H and O–H groups in total. The van der Waals surface area contributed by atoms with E-state index in [0.29, 0.717) is 5.69 Å². The molecule has 4 heteroatoms. The third kappa shape index (κ3) is 3.98. The number of rotatable bonds is 4. The van der Waals surface area contributed by atoms with Crippen LogP contribution in [0.25, 0.3) is 0 Å². The molecule has 0 aromatic carbocycles. The van der Waals surface area contributed by atoms with Gasteiger partial charge in [-0.1, -0.05) is 26.8 Å². The zero-order valence-electron chi connectivity index (χ0n) is 9.86. The van der Waals surface area contributed by atoms with Gasteiger partial charge >= 0.3 is 0 Å². The molecular formula is C12H17NO3. The second-order valence-corrected chi connectivity index (χ2v) is 4.65. The van der Waals surface area contributed by atoms with E-state index >= 15 is 0 Å². The van der Waals surface area contributed by atoms with Gasteiger partial charge in [0.15, 0.2) is 5.78 Å². The van der Waals surface area contributed by atoms with Crippen molar-refractivity contribution >= 4 is 5.78 Å². The van der Waals surface area contributed by atoms with E-state index in [4.69, 9.17) is 9.84 Å². The Hall–Kier alpha value is -1.42. The highest BCUT2D eigenvalue weighted by atomic mass is 16.5. The van der Waals surface area contributed by atoms with E-state index in [0.717, 1.165) is 0 Å². The van der Waals surface area contributed by atoms with Gasteiger partial charge in [0.05, 0.1) is 12.3 Å². The molecule has 0 fully saturated rings. The highest BCUT2D eigenvalue weighted by Gasteiger charge is 2.20. The molecule has 16 heavy (non-hydrogen) atoms. The van der Waals surface area contributed by atoms with E-state index in [1.165, 1.54) is 6.07 Å².